The molecule has 1 aromatic rings. The van der Waals surface area contributed by atoms with Crippen molar-refractivity contribution < 1.29 is 4.79 Å². The lowest BCUT2D eigenvalue weighted by Gasteiger charge is -2.30. The lowest BCUT2D eigenvalue weighted by Crippen LogP contribution is -2.43. The fourth-order valence-corrected chi connectivity index (χ4v) is 3.55. The summed E-state index contributed by atoms with van der Waals surface area (Å²) in [6.45, 7) is 1.52. The van der Waals surface area contributed by atoms with Crippen molar-refractivity contribution in [2.75, 3.05) is 18.8 Å². The fourth-order valence-electron chi connectivity index (χ4n) is 2.00. The minimum Gasteiger partial charge on any atom is -0.342 e. The summed E-state index contributed by atoms with van der Waals surface area (Å²) in [5.41, 5.74) is 5.82. The molecule has 19 heavy (non-hydrogen) atoms. The number of likely N-dealkylation sites (tertiary alicyclic amines) is 1. The van der Waals surface area contributed by atoms with Crippen LogP contribution in [0.2, 0.25) is 10.0 Å². The molecule has 0 spiro atoms. The average molecular weight is 319 g/mol. The van der Waals surface area contributed by atoms with E-state index in [9.17, 15) is 4.79 Å². The molecule has 1 fully saturated rings. The molecule has 1 amide bonds. The highest BCUT2D eigenvalue weighted by molar-refractivity contribution is 8.00. The first kappa shape index (κ1) is 15.0. The van der Waals surface area contributed by atoms with Crippen LogP contribution in [0.4, 0.5) is 0 Å². The van der Waals surface area contributed by atoms with Gasteiger partial charge in [0, 0.05) is 34.1 Å². The summed E-state index contributed by atoms with van der Waals surface area (Å²) in [4.78, 5) is 14.8. The number of carbonyl (C=O) groups excluding carboxylic acids is 1. The van der Waals surface area contributed by atoms with Gasteiger partial charge in [0.25, 0.3) is 0 Å². The third kappa shape index (κ3) is 4.56. The van der Waals surface area contributed by atoms with Crippen molar-refractivity contribution in [3.05, 3.63) is 28.2 Å². The SMILES string of the molecule is NC1CCN(C(=O)CSc2cc(Cl)cc(Cl)c2)CC1. The Hall–Kier alpha value is -0.420. The molecule has 1 aliphatic rings. The van der Waals surface area contributed by atoms with Crippen LogP contribution in [0.25, 0.3) is 0 Å². The molecule has 2 N–H and O–H groups in total. The van der Waals surface area contributed by atoms with Gasteiger partial charge < -0.3 is 10.6 Å². The van der Waals surface area contributed by atoms with Crippen LogP contribution in [0.5, 0.6) is 0 Å². The predicted octanol–water partition coefficient (Wildman–Crippen LogP) is 3.04. The standard InChI is InChI=1S/C13H16Cl2N2OS/c14-9-5-10(15)7-12(6-9)19-8-13(18)17-3-1-11(16)2-4-17/h5-7,11H,1-4,8,16H2. The second-order valence-corrected chi connectivity index (χ2v) is 6.53. The summed E-state index contributed by atoms with van der Waals surface area (Å²) >= 11 is 13.3. The quantitative estimate of drug-likeness (QED) is 0.871. The summed E-state index contributed by atoms with van der Waals surface area (Å²) in [5, 5.41) is 1.18. The summed E-state index contributed by atoms with van der Waals surface area (Å²) in [6, 6.07) is 5.55. The molecule has 0 atom stereocenters. The van der Waals surface area contributed by atoms with Crippen molar-refractivity contribution in [3.8, 4) is 0 Å². The Morgan fingerprint density at radius 2 is 1.84 bits per heavy atom. The topological polar surface area (TPSA) is 46.3 Å². The zero-order valence-electron chi connectivity index (χ0n) is 10.4. The van der Waals surface area contributed by atoms with Crippen LogP contribution < -0.4 is 5.73 Å². The Labute approximate surface area is 127 Å². The first-order valence-corrected chi connectivity index (χ1v) is 7.91. The third-order valence-electron chi connectivity index (χ3n) is 3.09. The average Bonchev–Trinajstić information content (AvgIpc) is 2.36. The Bertz CT molecular complexity index is 442. The number of halogens is 2. The van der Waals surface area contributed by atoms with Gasteiger partial charge in [-0.3, -0.25) is 4.79 Å². The summed E-state index contributed by atoms with van der Waals surface area (Å²) in [6.07, 6.45) is 1.78. The van der Waals surface area contributed by atoms with Gasteiger partial charge in [0.1, 0.15) is 0 Å². The van der Waals surface area contributed by atoms with Crippen LogP contribution in [0.15, 0.2) is 23.1 Å². The zero-order chi connectivity index (χ0) is 13.8. The number of rotatable bonds is 3. The Kier molecular flexibility index (Phi) is 5.39. The van der Waals surface area contributed by atoms with Crippen LogP contribution in [0, 0.1) is 0 Å². The number of amides is 1. The minimum absolute atomic E-state index is 0.146. The number of nitrogens with two attached hydrogens (primary N) is 1. The second kappa shape index (κ2) is 6.84. The lowest BCUT2D eigenvalue weighted by molar-refractivity contribution is -0.129. The molecule has 6 heteroatoms. The van der Waals surface area contributed by atoms with Gasteiger partial charge in [-0.2, -0.15) is 0 Å². The zero-order valence-corrected chi connectivity index (χ0v) is 12.8. The number of benzene rings is 1. The largest absolute Gasteiger partial charge is 0.342 e. The molecule has 0 bridgehead atoms. The molecule has 3 nitrogen and oxygen atoms in total. The number of thioether (sulfide) groups is 1. The van der Waals surface area contributed by atoms with E-state index in [0.29, 0.717) is 15.8 Å². The first-order chi connectivity index (χ1) is 9.04. The molecule has 1 heterocycles. The lowest BCUT2D eigenvalue weighted by atomic mass is 10.1. The highest BCUT2D eigenvalue weighted by Crippen LogP contribution is 2.26. The predicted molar refractivity (Wildman–Crippen MR) is 81.0 cm³/mol. The molecule has 0 aliphatic carbocycles. The smallest absolute Gasteiger partial charge is 0.232 e. The fraction of sp³-hybridized carbons (Fsp3) is 0.462. The Morgan fingerprint density at radius 3 is 2.42 bits per heavy atom. The van der Waals surface area contributed by atoms with Crippen LogP contribution in [0.1, 0.15) is 12.8 Å². The van der Waals surface area contributed by atoms with Gasteiger partial charge in [-0.05, 0) is 31.0 Å². The molecule has 1 aliphatic heterocycles. The first-order valence-electron chi connectivity index (χ1n) is 6.17. The van der Waals surface area contributed by atoms with Crippen molar-refractivity contribution in [2.24, 2.45) is 5.73 Å². The number of hydrogen-bond acceptors (Lipinski definition) is 3. The molecule has 1 aromatic carbocycles. The van der Waals surface area contributed by atoms with E-state index < -0.39 is 0 Å². The van der Waals surface area contributed by atoms with E-state index in [1.807, 2.05) is 17.0 Å². The van der Waals surface area contributed by atoms with Crippen LogP contribution in [-0.4, -0.2) is 35.7 Å². The number of piperidine rings is 1. The van der Waals surface area contributed by atoms with E-state index in [1.54, 1.807) is 6.07 Å². The van der Waals surface area contributed by atoms with Gasteiger partial charge >= 0.3 is 0 Å². The van der Waals surface area contributed by atoms with Gasteiger partial charge in [0.2, 0.25) is 5.91 Å². The Balaban J connectivity index is 1.86. The number of hydrogen-bond donors (Lipinski definition) is 1. The van der Waals surface area contributed by atoms with E-state index in [-0.39, 0.29) is 11.9 Å². The van der Waals surface area contributed by atoms with Crippen molar-refractivity contribution in [1.29, 1.82) is 0 Å². The molecule has 104 valence electrons. The van der Waals surface area contributed by atoms with Crippen LogP contribution >= 0.6 is 35.0 Å². The molecule has 0 unspecified atom stereocenters. The number of nitrogens with zero attached hydrogens (tertiary/aromatic N) is 1. The monoisotopic (exact) mass is 318 g/mol. The van der Waals surface area contributed by atoms with Crippen LogP contribution in [0.3, 0.4) is 0 Å². The minimum atomic E-state index is 0.146. The van der Waals surface area contributed by atoms with Crippen molar-refractivity contribution >= 4 is 40.9 Å². The van der Waals surface area contributed by atoms with E-state index in [2.05, 4.69) is 0 Å². The molecule has 0 radical (unpaired) electrons. The molecule has 1 saturated heterocycles. The molecule has 2 rings (SSSR count). The van der Waals surface area contributed by atoms with E-state index >= 15 is 0 Å². The van der Waals surface area contributed by atoms with Crippen molar-refractivity contribution in [2.45, 2.75) is 23.8 Å². The molecular weight excluding hydrogens is 303 g/mol. The van der Waals surface area contributed by atoms with Gasteiger partial charge in [0.05, 0.1) is 5.75 Å². The van der Waals surface area contributed by atoms with Gasteiger partial charge in [-0.1, -0.05) is 23.2 Å². The molecular formula is C13H16Cl2N2OS. The second-order valence-electron chi connectivity index (χ2n) is 4.61. The van der Waals surface area contributed by atoms with Crippen molar-refractivity contribution in [1.82, 2.24) is 4.90 Å². The summed E-state index contributed by atoms with van der Waals surface area (Å²) in [5.74, 6) is 0.555. The highest BCUT2D eigenvalue weighted by Gasteiger charge is 2.20. The highest BCUT2D eigenvalue weighted by atomic mass is 35.5. The third-order valence-corrected chi connectivity index (χ3v) is 4.49. The Morgan fingerprint density at radius 1 is 1.26 bits per heavy atom. The van der Waals surface area contributed by atoms with Gasteiger partial charge in [-0.15, -0.1) is 11.8 Å². The maximum absolute atomic E-state index is 12.0. The number of carbonyl (C=O) groups is 1. The van der Waals surface area contributed by atoms with Gasteiger partial charge in [-0.25, -0.2) is 0 Å². The summed E-state index contributed by atoms with van der Waals surface area (Å²) in [7, 11) is 0. The van der Waals surface area contributed by atoms with Gasteiger partial charge in [0.15, 0.2) is 0 Å². The maximum atomic E-state index is 12.0. The van der Waals surface area contributed by atoms with Crippen LogP contribution in [-0.2, 0) is 4.79 Å². The summed E-state index contributed by atoms with van der Waals surface area (Å²) < 4.78 is 0. The van der Waals surface area contributed by atoms with E-state index in [1.165, 1.54) is 11.8 Å². The van der Waals surface area contributed by atoms with Crippen molar-refractivity contribution in [3.63, 3.8) is 0 Å². The van der Waals surface area contributed by atoms with E-state index in [0.717, 1.165) is 30.8 Å². The van der Waals surface area contributed by atoms with E-state index in [4.69, 9.17) is 28.9 Å². The normalized spacial score (nSPS) is 16.7. The molecule has 0 saturated carbocycles. The molecule has 0 aromatic heterocycles. The maximum Gasteiger partial charge on any atom is 0.232 e.